The first kappa shape index (κ1) is 25.3. The van der Waals surface area contributed by atoms with Crippen LogP contribution in [-0.2, 0) is 4.79 Å². The molecule has 3 aromatic rings. The lowest BCUT2D eigenvalue weighted by Crippen LogP contribution is -2.35. The smallest absolute Gasteiger partial charge is 0.283 e. The van der Waals surface area contributed by atoms with Crippen LogP contribution in [0.2, 0.25) is 0 Å². The minimum atomic E-state index is -0.480. The molecule has 0 atom stereocenters. The third-order valence-corrected chi connectivity index (χ3v) is 6.70. The Morgan fingerprint density at radius 2 is 1.71 bits per heavy atom. The Bertz CT molecular complexity index is 1470. The quantitative estimate of drug-likeness (QED) is 0.291. The number of rotatable bonds is 9. The molecule has 2 aliphatic heterocycles. The molecule has 0 radical (unpaired) electrons. The molecule has 3 aromatic carbocycles. The number of aliphatic imine (C=N–C) groups is 1. The zero-order valence-electron chi connectivity index (χ0n) is 21.0. The summed E-state index contributed by atoms with van der Waals surface area (Å²) < 4.78 is 17.4. The van der Waals surface area contributed by atoms with Crippen LogP contribution < -0.4 is 14.2 Å². The van der Waals surface area contributed by atoms with E-state index in [0.29, 0.717) is 47.1 Å². The number of hydrazone groups is 1. The standard InChI is InChI=1S/C29H26N4O4S/c1-3-35-25-18-20(13-14-24(25)37-16-15-36-21-10-5-4-6-11-21)17-23-26(30)33-29(31-27(23)34)38-28(32-33)22-12-8-7-9-19(22)2/h4-14,17-18,30H,3,15-16H2,1-2H3/b23-17-,30-26?. The van der Waals surface area contributed by atoms with Crippen LogP contribution in [0.4, 0.5) is 0 Å². The maximum absolute atomic E-state index is 12.9. The summed E-state index contributed by atoms with van der Waals surface area (Å²) in [6, 6.07) is 22.8. The minimum absolute atomic E-state index is 0.0209. The van der Waals surface area contributed by atoms with Crippen molar-refractivity contribution in [2.75, 3.05) is 19.8 Å². The highest BCUT2D eigenvalue weighted by molar-refractivity contribution is 8.27. The van der Waals surface area contributed by atoms with Gasteiger partial charge in [0, 0.05) is 5.56 Å². The zero-order valence-corrected chi connectivity index (χ0v) is 21.8. The van der Waals surface area contributed by atoms with Gasteiger partial charge in [-0.05, 0) is 67.1 Å². The molecule has 2 heterocycles. The largest absolute Gasteiger partial charge is 0.490 e. The van der Waals surface area contributed by atoms with Gasteiger partial charge >= 0.3 is 0 Å². The molecular weight excluding hydrogens is 500 g/mol. The molecule has 2 aliphatic rings. The predicted molar refractivity (Wildman–Crippen MR) is 150 cm³/mol. The van der Waals surface area contributed by atoms with Crippen LogP contribution in [-0.4, -0.2) is 46.8 Å². The summed E-state index contributed by atoms with van der Waals surface area (Å²) in [7, 11) is 0. The van der Waals surface area contributed by atoms with Gasteiger partial charge in [-0.1, -0.05) is 48.5 Å². The van der Waals surface area contributed by atoms with E-state index in [-0.39, 0.29) is 11.4 Å². The second kappa shape index (κ2) is 11.4. The molecule has 0 aliphatic carbocycles. The van der Waals surface area contributed by atoms with Crippen LogP contribution in [0.1, 0.15) is 23.6 Å². The summed E-state index contributed by atoms with van der Waals surface area (Å²) in [4.78, 5) is 17.1. The number of para-hydroxylation sites is 1. The molecule has 0 spiro atoms. The van der Waals surface area contributed by atoms with Crippen molar-refractivity contribution in [3.63, 3.8) is 0 Å². The Hall–Kier alpha value is -4.37. The van der Waals surface area contributed by atoms with E-state index in [4.69, 9.17) is 19.6 Å². The van der Waals surface area contributed by atoms with Gasteiger partial charge in [-0.3, -0.25) is 10.2 Å². The number of nitrogens with one attached hydrogen (secondary N) is 1. The number of carbonyl (C=O) groups is 1. The highest BCUT2D eigenvalue weighted by Gasteiger charge is 2.36. The molecule has 8 nitrogen and oxygen atoms in total. The number of nitrogens with zero attached hydrogens (tertiary/aromatic N) is 3. The van der Waals surface area contributed by atoms with Crippen LogP contribution in [0.5, 0.6) is 17.2 Å². The van der Waals surface area contributed by atoms with Gasteiger partial charge in [0.05, 0.1) is 12.2 Å². The van der Waals surface area contributed by atoms with Crippen molar-refractivity contribution in [3.8, 4) is 17.2 Å². The number of thioether (sulfide) groups is 1. The fourth-order valence-corrected chi connectivity index (χ4v) is 4.89. The van der Waals surface area contributed by atoms with Crippen molar-refractivity contribution in [2.45, 2.75) is 13.8 Å². The molecule has 1 N–H and O–H groups in total. The van der Waals surface area contributed by atoms with Crippen molar-refractivity contribution < 1.29 is 19.0 Å². The molecule has 192 valence electrons. The number of benzene rings is 3. The highest BCUT2D eigenvalue weighted by atomic mass is 32.2. The van der Waals surface area contributed by atoms with E-state index in [2.05, 4.69) is 10.1 Å². The first-order valence-electron chi connectivity index (χ1n) is 12.2. The third kappa shape index (κ3) is 5.47. The molecule has 5 rings (SSSR count). The van der Waals surface area contributed by atoms with E-state index in [1.807, 2.05) is 74.5 Å². The Balaban J connectivity index is 1.32. The van der Waals surface area contributed by atoms with E-state index in [0.717, 1.165) is 16.9 Å². The summed E-state index contributed by atoms with van der Waals surface area (Å²) in [5.41, 5.74) is 2.84. The average molecular weight is 527 g/mol. The van der Waals surface area contributed by atoms with Gasteiger partial charge in [0.2, 0.25) is 5.17 Å². The summed E-state index contributed by atoms with van der Waals surface area (Å²) in [6.45, 7) is 5.05. The first-order valence-corrected chi connectivity index (χ1v) is 13.0. The van der Waals surface area contributed by atoms with E-state index in [1.165, 1.54) is 16.8 Å². The molecule has 0 bridgehead atoms. The van der Waals surface area contributed by atoms with E-state index < -0.39 is 5.91 Å². The summed E-state index contributed by atoms with van der Waals surface area (Å²) in [5.74, 6) is 1.38. The van der Waals surface area contributed by atoms with Crippen molar-refractivity contribution in [2.24, 2.45) is 10.1 Å². The Morgan fingerprint density at radius 1 is 0.947 bits per heavy atom. The van der Waals surface area contributed by atoms with Gasteiger partial charge in [0.1, 0.15) is 24.0 Å². The second-order valence-corrected chi connectivity index (χ2v) is 9.35. The number of fused-ring (bicyclic) bond motifs is 1. The van der Waals surface area contributed by atoms with E-state index in [1.54, 1.807) is 18.2 Å². The van der Waals surface area contributed by atoms with E-state index >= 15 is 0 Å². The number of ether oxygens (including phenoxy) is 3. The molecule has 0 unspecified atom stereocenters. The normalized spacial score (nSPS) is 15.7. The highest BCUT2D eigenvalue weighted by Crippen LogP contribution is 2.33. The number of hydrogen-bond donors (Lipinski definition) is 1. The SMILES string of the molecule is CCOc1cc(/C=C2/C(=N)N3N=C(c4ccccc4C)SC3=NC2=O)ccc1OCCOc1ccccc1. The molecule has 0 saturated heterocycles. The van der Waals surface area contributed by atoms with Crippen molar-refractivity contribution in [3.05, 3.63) is 95.1 Å². The molecular formula is C29H26N4O4S. The van der Waals surface area contributed by atoms with Crippen LogP contribution >= 0.6 is 11.8 Å². The number of hydrogen-bond acceptors (Lipinski definition) is 7. The molecule has 9 heteroatoms. The molecule has 0 fully saturated rings. The van der Waals surface area contributed by atoms with Crippen molar-refractivity contribution in [1.82, 2.24) is 5.01 Å². The summed E-state index contributed by atoms with van der Waals surface area (Å²) in [5, 5.41) is 15.8. The number of amidine groups is 2. The van der Waals surface area contributed by atoms with Gasteiger partial charge < -0.3 is 14.2 Å². The third-order valence-electron chi connectivity index (χ3n) is 5.76. The fraction of sp³-hybridized carbons (Fsp3) is 0.172. The maximum atomic E-state index is 12.9. The number of carbonyl (C=O) groups excluding carboxylic acids is 1. The zero-order chi connectivity index (χ0) is 26.5. The van der Waals surface area contributed by atoms with Crippen LogP contribution in [0.3, 0.4) is 0 Å². The lowest BCUT2D eigenvalue weighted by atomic mass is 10.1. The molecule has 0 saturated carbocycles. The van der Waals surface area contributed by atoms with Crippen LogP contribution in [0, 0.1) is 12.3 Å². The van der Waals surface area contributed by atoms with Crippen LogP contribution in [0.15, 0.2) is 88.5 Å². The fourth-order valence-electron chi connectivity index (χ4n) is 3.91. The van der Waals surface area contributed by atoms with Gasteiger partial charge in [-0.2, -0.15) is 15.1 Å². The van der Waals surface area contributed by atoms with E-state index in [9.17, 15) is 4.79 Å². The van der Waals surface area contributed by atoms with Gasteiger partial charge in [-0.25, -0.2) is 0 Å². The summed E-state index contributed by atoms with van der Waals surface area (Å²) in [6.07, 6.45) is 1.63. The van der Waals surface area contributed by atoms with Crippen molar-refractivity contribution in [1.29, 1.82) is 5.41 Å². The topological polar surface area (TPSA) is 96.6 Å². The monoisotopic (exact) mass is 526 g/mol. The maximum Gasteiger partial charge on any atom is 0.283 e. The van der Waals surface area contributed by atoms with Gasteiger partial charge in [0.25, 0.3) is 5.91 Å². The molecule has 1 amide bonds. The summed E-state index contributed by atoms with van der Waals surface area (Å²) >= 11 is 1.29. The lowest BCUT2D eigenvalue weighted by molar-refractivity contribution is -0.114. The molecule has 38 heavy (non-hydrogen) atoms. The predicted octanol–water partition coefficient (Wildman–Crippen LogP) is 5.52. The average Bonchev–Trinajstić information content (AvgIpc) is 3.35. The Labute approximate surface area is 225 Å². The van der Waals surface area contributed by atoms with Crippen molar-refractivity contribution >= 4 is 39.8 Å². The Morgan fingerprint density at radius 3 is 2.50 bits per heavy atom. The van der Waals surface area contributed by atoms with Gasteiger partial charge in [-0.15, -0.1) is 0 Å². The number of amides is 1. The lowest BCUT2D eigenvalue weighted by Gasteiger charge is -2.20. The second-order valence-electron chi connectivity index (χ2n) is 8.39. The Kier molecular flexibility index (Phi) is 7.55. The van der Waals surface area contributed by atoms with Crippen LogP contribution in [0.25, 0.3) is 6.08 Å². The number of aryl methyl sites for hydroxylation is 1. The first-order chi connectivity index (χ1) is 18.5. The molecule has 0 aromatic heterocycles. The minimum Gasteiger partial charge on any atom is -0.490 e. The van der Waals surface area contributed by atoms with Gasteiger partial charge in [0.15, 0.2) is 17.3 Å².